The lowest BCUT2D eigenvalue weighted by Gasteiger charge is -2.33. The number of piperazine rings is 1. The molecule has 3 rings (SSSR count). The summed E-state index contributed by atoms with van der Waals surface area (Å²) in [4.78, 5) is 20.0. The van der Waals surface area contributed by atoms with Crippen molar-refractivity contribution >= 4 is 34.8 Å². The van der Waals surface area contributed by atoms with Gasteiger partial charge in [-0.05, 0) is 12.1 Å². The minimum atomic E-state index is -4.49. The summed E-state index contributed by atoms with van der Waals surface area (Å²) in [7, 11) is 0. The Kier molecular flexibility index (Phi) is 6.51. The summed E-state index contributed by atoms with van der Waals surface area (Å²) in [5.74, 6) is 4.24. The van der Waals surface area contributed by atoms with Crippen LogP contribution in [0.3, 0.4) is 0 Å². The third-order valence-corrected chi connectivity index (χ3v) is 4.63. The molecule has 0 unspecified atom stereocenters. The smallest absolute Gasteiger partial charge is 0.345 e. The van der Waals surface area contributed by atoms with Crippen LogP contribution in [0.2, 0.25) is 0 Å². The fourth-order valence-electron chi connectivity index (χ4n) is 2.51. The van der Waals surface area contributed by atoms with Crippen molar-refractivity contribution in [2.75, 3.05) is 31.1 Å². The first-order chi connectivity index (χ1) is 11.9. The average molecular weight is 402 g/mol. The molecule has 0 atom stereocenters. The summed E-state index contributed by atoms with van der Waals surface area (Å²) in [6.45, 7) is 2.18. The van der Waals surface area contributed by atoms with E-state index in [-0.39, 0.29) is 18.0 Å². The van der Waals surface area contributed by atoms with Crippen LogP contribution in [-0.2, 0) is 11.0 Å². The number of thiazole rings is 1. The standard InChI is InChI=1S/C17H14F3N3OS.ClH/c18-17(19,20)14-4-2-1-3-13(14)5-6-15(24)22-8-10-23(11-9-22)16-21-7-12-25-16;/h1-4,7,12H,8-11H2;1H. The fourth-order valence-corrected chi connectivity index (χ4v) is 3.21. The van der Waals surface area contributed by atoms with Crippen LogP contribution in [0.5, 0.6) is 0 Å². The predicted octanol–water partition coefficient (Wildman–Crippen LogP) is 3.28. The zero-order valence-corrected chi connectivity index (χ0v) is 15.1. The number of aromatic nitrogens is 1. The third kappa shape index (κ3) is 4.68. The predicted molar refractivity (Wildman–Crippen MR) is 96.5 cm³/mol. The number of alkyl halides is 3. The van der Waals surface area contributed by atoms with Gasteiger partial charge >= 0.3 is 6.18 Å². The molecule has 138 valence electrons. The molecule has 4 nitrogen and oxygen atoms in total. The normalized spacial score (nSPS) is 14.3. The van der Waals surface area contributed by atoms with Crippen LogP contribution < -0.4 is 4.90 Å². The highest BCUT2D eigenvalue weighted by Gasteiger charge is 2.32. The van der Waals surface area contributed by atoms with Gasteiger partial charge in [0.05, 0.1) is 5.56 Å². The van der Waals surface area contributed by atoms with Crippen LogP contribution in [0, 0.1) is 11.8 Å². The number of halogens is 4. The Hall–Kier alpha value is -2.24. The number of nitrogens with zero attached hydrogens (tertiary/aromatic N) is 3. The lowest BCUT2D eigenvalue weighted by Crippen LogP contribution is -2.48. The van der Waals surface area contributed by atoms with Crippen LogP contribution in [0.25, 0.3) is 0 Å². The van der Waals surface area contributed by atoms with Crippen molar-refractivity contribution in [3.05, 3.63) is 47.0 Å². The van der Waals surface area contributed by atoms with Crippen molar-refractivity contribution in [3.63, 3.8) is 0 Å². The molecule has 26 heavy (non-hydrogen) atoms. The molecule has 1 aromatic carbocycles. The van der Waals surface area contributed by atoms with Gasteiger partial charge in [0.2, 0.25) is 0 Å². The maximum atomic E-state index is 12.9. The highest BCUT2D eigenvalue weighted by Crippen LogP contribution is 2.31. The van der Waals surface area contributed by atoms with E-state index in [0.29, 0.717) is 26.2 Å². The molecule has 9 heteroatoms. The van der Waals surface area contributed by atoms with Crippen molar-refractivity contribution in [2.45, 2.75) is 6.18 Å². The van der Waals surface area contributed by atoms with Crippen LogP contribution >= 0.6 is 23.7 Å². The number of hydrogen-bond acceptors (Lipinski definition) is 4. The molecule has 0 spiro atoms. The molecule has 0 saturated carbocycles. The van der Waals surface area contributed by atoms with Gasteiger partial charge in [-0.15, -0.1) is 23.7 Å². The van der Waals surface area contributed by atoms with E-state index in [1.54, 1.807) is 11.1 Å². The maximum absolute atomic E-state index is 12.9. The summed E-state index contributed by atoms with van der Waals surface area (Å²) in [5, 5.41) is 2.79. The molecule has 0 N–H and O–H groups in total. The summed E-state index contributed by atoms with van der Waals surface area (Å²) >= 11 is 1.53. The highest BCUT2D eigenvalue weighted by atomic mass is 35.5. The third-order valence-electron chi connectivity index (χ3n) is 3.79. The quantitative estimate of drug-likeness (QED) is 0.688. The van der Waals surface area contributed by atoms with Gasteiger partial charge in [0.15, 0.2) is 5.13 Å². The van der Waals surface area contributed by atoms with E-state index in [1.807, 2.05) is 5.38 Å². The number of amides is 1. The van der Waals surface area contributed by atoms with Crippen LogP contribution in [-0.4, -0.2) is 42.0 Å². The molecule has 1 fully saturated rings. The van der Waals surface area contributed by atoms with E-state index in [0.717, 1.165) is 11.2 Å². The minimum Gasteiger partial charge on any atom is -0.345 e. The lowest BCUT2D eigenvalue weighted by molar-refractivity contribution is -0.137. The Bertz CT molecular complexity index is 807. The summed E-state index contributed by atoms with van der Waals surface area (Å²) < 4.78 is 38.8. The van der Waals surface area contributed by atoms with E-state index in [9.17, 15) is 18.0 Å². The fraction of sp³-hybridized carbons (Fsp3) is 0.294. The Morgan fingerprint density at radius 1 is 1.15 bits per heavy atom. The molecule has 1 aromatic heterocycles. The number of rotatable bonds is 1. The summed E-state index contributed by atoms with van der Waals surface area (Å²) in [6.07, 6.45) is -2.77. The van der Waals surface area contributed by atoms with E-state index < -0.39 is 17.6 Å². The first-order valence-corrected chi connectivity index (χ1v) is 8.45. The van der Waals surface area contributed by atoms with Crippen LogP contribution in [0.4, 0.5) is 18.3 Å². The van der Waals surface area contributed by atoms with Gasteiger partial charge in [-0.2, -0.15) is 13.2 Å². The maximum Gasteiger partial charge on any atom is 0.417 e. The molecule has 1 saturated heterocycles. The topological polar surface area (TPSA) is 36.4 Å². The van der Waals surface area contributed by atoms with Gasteiger partial charge in [0.1, 0.15) is 0 Å². The van der Waals surface area contributed by atoms with E-state index >= 15 is 0 Å². The minimum absolute atomic E-state index is 0. The molecule has 0 radical (unpaired) electrons. The number of carbonyl (C=O) groups excluding carboxylic acids is 1. The van der Waals surface area contributed by atoms with E-state index in [4.69, 9.17) is 0 Å². The van der Waals surface area contributed by atoms with Gasteiger partial charge in [0, 0.05) is 49.2 Å². The molecule has 2 heterocycles. The van der Waals surface area contributed by atoms with Crippen molar-refractivity contribution < 1.29 is 18.0 Å². The number of carbonyl (C=O) groups is 1. The Labute approximate surface area is 159 Å². The molecule has 1 amide bonds. The Morgan fingerprint density at radius 3 is 2.46 bits per heavy atom. The highest BCUT2D eigenvalue weighted by molar-refractivity contribution is 7.13. The molecule has 0 bridgehead atoms. The molecular formula is C17H15ClF3N3OS. The van der Waals surface area contributed by atoms with E-state index in [1.165, 1.54) is 29.5 Å². The van der Waals surface area contributed by atoms with Gasteiger partial charge in [-0.25, -0.2) is 4.98 Å². The first-order valence-electron chi connectivity index (χ1n) is 7.57. The molecule has 1 aliphatic heterocycles. The molecule has 1 aliphatic rings. The van der Waals surface area contributed by atoms with Gasteiger partial charge in [0.25, 0.3) is 5.91 Å². The summed E-state index contributed by atoms with van der Waals surface area (Å²) in [6, 6.07) is 5.00. The number of benzene rings is 1. The average Bonchev–Trinajstić information content (AvgIpc) is 3.14. The first kappa shape index (κ1) is 20.1. The van der Waals surface area contributed by atoms with Crippen molar-refractivity contribution in [2.24, 2.45) is 0 Å². The number of anilines is 1. The Balaban J connectivity index is 0.00000243. The van der Waals surface area contributed by atoms with Crippen LogP contribution in [0.1, 0.15) is 11.1 Å². The zero-order valence-electron chi connectivity index (χ0n) is 13.5. The second-order valence-corrected chi connectivity index (χ2v) is 6.26. The van der Waals surface area contributed by atoms with Gasteiger partial charge in [-0.1, -0.05) is 18.1 Å². The molecule has 2 aromatic rings. The lowest BCUT2D eigenvalue weighted by atomic mass is 10.1. The molecule has 0 aliphatic carbocycles. The monoisotopic (exact) mass is 401 g/mol. The van der Waals surface area contributed by atoms with Crippen molar-refractivity contribution in [1.29, 1.82) is 0 Å². The van der Waals surface area contributed by atoms with Crippen molar-refractivity contribution in [3.8, 4) is 11.8 Å². The second kappa shape index (κ2) is 8.43. The largest absolute Gasteiger partial charge is 0.417 e. The Morgan fingerprint density at radius 2 is 1.85 bits per heavy atom. The zero-order chi connectivity index (χ0) is 17.9. The van der Waals surface area contributed by atoms with Crippen molar-refractivity contribution in [1.82, 2.24) is 9.88 Å². The number of hydrogen-bond donors (Lipinski definition) is 0. The second-order valence-electron chi connectivity index (χ2n) is 5.39. The summed E-state index contributed by atoms with van der Waals surface area (Å²) in [5.41, 5.74) is -1.02. The van der Waals surface area contributed by atoms with E-state index in [2.05, 4.69) is 21.7 Å². The van der Waals surface area contributed by atoms with Crippen LogP contribution in [0.15, 0.2) is 35.8 Å². The SMILES string of the molecule is Cl.O=C(C#Cc1ccccc1C(F)(F)F)N1CCN(c2nccs2)CC1. The van der Waals surface area contributed by atoms with Gasteiger partial charge < -0.3 is 9.80 Å². The molecular weight excluding hydrogens is 387 g/mol. The van der Waals surface area contributed by atoms with Gasteiger partial charge in [-0.3, -0.25) is 4.79 Å².